The van der Waals surface area contributed by atoms with Crippen molar-refractivity contribution < 1.29 is 9.59 Å². The number of anilines is 1. The molecule has 3 heterocycles. The number of aromatic nitrogens is 1. The van der Waals surface area contributed by atoms with Crippen LogP contribution in [-0.2, 0) is 9.59 Å². The molecule has 3 rings (SSSR count). The van der Waals surface area contributed by atoms with E-state index in [1.165, 1.54) is 6.20 Å². The van der Waals surface area contributed by atoms with Gasteiger partial charge in [-0.25, -0.2) is 4.98 Å². The van der Waals surface area contributed by atoms with Crippen molar-refractivity contribution in [1.82, 2.24) is 15.2 Å². The summed E-state index contributed by atoms with van der Waals surface area (Å²) in [5, 5.41) is 6.75. The lowest BCUT2D eigenvalue weighted by Gasteiger charge is -2.36. The van der Waals surface area contributed by atoms with Crippen molar-refractivity contribution in [2.45, 2.75) is 38.6 Å². The Hall–Kier alpha value is -1.37. The summed E-state index contributed by atoms with van der Waals surface area (Å²) >= 11 is 5.80. The number of carbonyl (C=O) groups excluding carboxylic acids is 2. The number of pyridine rings is 1. The molecule has 2 aliphatic heterocycles. The first-order valence-corrected chi connectivity index (χ1v) is 9.35. The van der Waals surface area contributed by atoms with Crippen LogP contribution in [0.5, 0.6) is 0 Å². The molecular weight excluding hydrogens is 375 g/mol. The van der Waals surface area contributed by atoms with E-state index >= 15 is 0 Å². The Labute approximate surface area is 165 Å². The highest BCUT2D eigenvalue weighted by molar-refractivity contribution is 6.30. The van der Waals surface area contributed by atoms with Gasteiger partial charge < -0.3 is 15.5 Å². The highest BCUT2D eigenvalue weighted by Gasteiger charge is 2.32. The van der Waals surface area contributed by atoms with E-state index < -0.39 is 0 Å². The van der Waals surface area contributed by atoms with Crippen molar-refractivity contribution in [3.05, 3.63) is 23.4 Å². The van der Waals surface area contributed by atoms with Crippen LogP contribution in [-0.4, -0.2) is 47.4 Å². The molecule has 2 N–H and O–H groups in total. The van der Waals surface area contributed by atoms with Crippen molar-refractivity contribution in [2.24, 2.45) is 11.8 Å². The Bertz CT molecular complexity index is 618. The molecule has 2 aliphatic rings. The number of piperidine rings is 2. The number of carbonyl (C=O) groups is 2. The second kappa shape index (κ2) is 9.53. The van der Waals surface area contributed by atoms with Gasteiger partial charge in [0.25, 0.3) is 0 Å². The van der Waals surface area contributed by atoms with E-state index in [0.717, 1.165) is 19.4 Å². The van der Waals surface area contributed by atoms with Gasteiger partial charge in [0.2, 0.25) is 11.8 Å². The molecule has 0 aromatic carbocycles. The zero-order valence-electron chi connectivity index (χ0n) is 14.9. The Morgan fingerprint density at radius 3 is 2.58 bits per heavy atom. The minimum Gasteiger partial charge on any atom is -0.342 e. The zero-order valence-corrected chi connectivity index (χ0v) is 16.5. The molecule has 0 saturated carbocycles. The minimum absolute atomic E-state index is 0. The van der Waals surface area contributed by atoms with E-state index in [9.17, 15) is 9.59 Å². The predicted octanol–water partition coefficient (Wildman–Crippen LogP) is 2.72. The first kappa shape index (κ1) is 20.9. The fraction of sp³-hybridized carbons (Fsp3) is 0.611. The maximum atomic E-state index is 12.7. The van der Waals surface area contributed by atoms with Crippen LogP contribution < -0.4 is 10.6 Å². The van der Waals surface area contributed by atoms with Crippen LogP contribution in [0.3, 0.4) is 0 Å². The van der Waals surface area contributed by atoms with Crippen molar-refractivity contribution in [1.29, 1.82) is 0 Å². The Morgan fingerprint density at radius 1 is 1.23 bits per heavy atom. The number of amides is 2. The number of hydrogen-bond acceptors (Lipinski definition) is 4. The van der Waals surface area contributed by atoms with Crippen LogP contribution in [0.15, 0.2) is 18.3 Å². The maximum Gasteiger partial charge on any atom is 0.228 e. The zero-order chi connectivity index (χ0) is 17.8. The SMILES string of the molecule is C[C@H]1C[C@@H](C(=O)N2CCC(C(=O)Nc3ccc(Cl)cn3)CC2)CCN1.Cl. The lowest BCUT2D eigenvalue weighted by molar-refractivity contribution is -0.139. The second-order valence-electron chi connectivity index (χ2n) is 7.03. The summed E-state index contributed by atoms with van der Waals surface area (Å²) in [6, 6.07) is 3.79. The van der Waals surface area contributed by atoms with Gasteiger partial charge in [-0.2, -0.15) is 0 Å². The van der Waals surface area contributed by atoms with Gasteiger partial charge in [0.15, 0.2) is 0 Å². The summed E-state index contributed by atoms with van der Waals surface area (Å²) in [6.45, 7) is 4.35. The molecule has 0 aliphatic carbocycles. The highest BCUT2D eigenvalue weighted by atomic mass is 35.5. The Morgan fingerprint density at radius 2 is 1.96 bits per heavy atom. The van der Waals surface area contributed by atoms with Crippen LogP contribution in [0.25, 0.3) is 0 Å². The molecule has 144 valence electrons. The Kier molecular flexibility index (Phi) is 7.68. The molecule has 0 spiro atoms. The summed E-state index contributed by atoms with van der Waals surface area (Å²) in [7, 11) is 0. The van der Waals surface area contributed by atoms with Crippen molar-refractivity contribution in [2.75, 3.05) is 25.0 Å². The number of likely N-dealkylation sites (tertiary alicyclic amines) is 1. The van der Waals surface area contributed by atoms with Gasteiger partial charge in [-0.05, 0) is 51.3 Å². The fourth-order valence-corrected chi connectivity index (χ4v) is 3.77. The molecule has 1 aromatic rings. The highest BCUT2D eigenvalue weighted by Crippen LogP contribution is 2.24. The average Bonchev–Trinajstić information content (AvgIpc) is 2.63. The molecule has 2 saturated heterocycles. The van der Waals surface area contributed by atoms with Gasteiger partial charge in [0.05, 0.1) is 5.02 Å². The number of nitrogens with one attached hydrogen (secondary N) is 2. The van der Waals surface area contributed by atoms with Crippen molar-refractivity contribution >= 4 is 41.6 Å². The number of nitrogens with zero attached hydrogens (tertiary/aromatic N) is 2. The first-order valence-electron chi connectivity index (χ1n) is 8.97. The van der Waals surface area contributed by atoms with E-state index in [0.29, 0.717) is 42.8 Å². The van der Waals surface area contributed by atoms with Gasteiger partial charge in [-0.1, -0.05) is 11.6 Å². The lowest BCUT2D eigenvalue weighted by atomic mass is 9.90. The topological polar surface area (TPSA) is 74.3 Å². The van der Waals surface area contributed by atoms with Crippen LogP contribution in [0.2, 0.25) is 5.02 Å². The average molecular weight is 401 g/mol. The Balaban J connectivity index is 0.00000243. The summed E-state index contributed by atoms with van der Waals surface area (Å²) in [5.41, 5.74) is 0. The molecule has 1 aromatic heterocycles. The van der Waals surface area contributed by atoms with Crippen LogP contribution in [0.4, 0.5) is 5.82 Å². The molecule has 6 nitrogen and oxygen atoms in total. The molecule has 0 bridgehead atoms. The summed E-state index contributed by atoms with van der Waals surface area (Å²) in [4.78, 5) is 31.1. The second-order valence-corrected chi connectivity index (χ2v) is 7.46. The summed E-state index contributed by atoms with van der Waals surface area (Å²) in [5.74, 6) is 0.786. The van der Waals surface area contributed by atoms with Crippen molar-refractivity contribution in [3.63, 3.8) is 0 Å². The molecule has 26 heavy (non-hydrogen) atoms. The standard InChI is InChI=1S/C18H25ClN4O2.ClH/c1-12-10-14(4-7-20-12)18(25)23-8-5-13(6-9-23)17(24)22-16-3-2-15(19)11-21-16;/h2-3,11-14,20H,4-10H2,1H3,(H,21,22,24);1H/t12-,14-;/m0./s1. The summed E-state index contributed by atoms with van der Waals surface area (Å²) in [6.07, 6.45) is 4.73. The molecule has 0 radical (unpaired) electrons. The lowest BCUT2D eigenvalue weighted by Crippen LogP contribution is -2.47. The first-order chi connectivity index (χ1) is 12.0. The van der Waals surface area contributed by atoms with E-state index in [4.69, 9.17) is 11.6 Å². The summed E-state index contributed by atoms with van der Waals surface area (Å²) < 4.78 is 0. The molecule has 2 amide bonds. The van der Waals surface area contributed by atoms with Gasteiger partial charge in [0, 0.05) is 37.2 Å². The third-order valence-electron chi connectivity index (χ3n) is 5.13. The van der Waals surface area contributed by atoms with Crippen LogP contribution >= 0.6 is 24.0 Å². The monoisotopic (exact) mass is 400 g/mol. The molecular formula is C18H26Cl2N4O2. The van der Waals surface area contributed by atoms with E-state index in [-0.39, 0.29) is 36.1 Å². The molecule has 8 heteroatoms. The maximum absolute atomic E-state index is 12.7. The number of halogens is 2. The van der Waals surface area contributed by atoms with Gasteiger partial charge in [-0.15, -0.1) is 12.4 Å². The fourth-order valence-electron chi connectivity index (χ4n) is 3.65. The van der Waals surface area contributed by atoms with Gasteiger partial charge >= 0.3 is 0 Å². The smallest absolute Gasteiger partial charge is 0.228 e. The number of rotatable bonds is 3. The third-order valence-corrected chi connectivity index (χ3v) is 5.35. The van der Waals surface area contributed by atoms with Crippen molar-refractivity contribution in [3.8, 4) is 0 Å². The van der Waals surface area contributed by atoms with E-state index in [2.05, 4.69) is 22.5 Å². The number of hydrogen-bond donors (Lipinski definition) is 2. The van der Waals surface area contributed by atoms with Crippen LogP contribution in [0, 0.1) is 11.8 Å². The van der Waals surface area contributed by atoms with Crippen LogP contribution in [0.1, 0.15) is 32.6 Å². The van der Waals surface area contributed by atoms with Gasteiger partial charge in [0.1, 0.15) is 5.82 Å². The van der Waals surface area contributed by atoms with E-state index in [1.807, 2.05) is 4.90 Å². The largest absolute Gasteiger partial charge is 0.342 e. The van der Waals surface area contributed by atoms with Gasteiger partial charge in [-0.3, -0.25) is 9.59 Å². The quantitative estimate of drug-likeness (QED) is 0.817. The molecule has 2 atom stereocenters. The molecule has 0 unspecified atom stereocenters. The normalized spacial score (nSPS) is 23.8. The van der Waals surface area contributed by atoms with E-state index in [1.54, 1.807) is 12.1 Å². The predicted molar refractivity (Wildman–Crippen MR) is 105 cm³/mol. The minimum atomic E-state index is -0.0755. The third kappa shape index (κ3) is 5.32. The molecule has 2 fully saturated rings.